The van der Waals surface area contributed by atoms with Gasteiger partial charge in [0.05, 0.1) is 13.0 Å². The first-order valence-corrected chi connectivity index (χ1v) is 9.40. The SMILES string of the molecule is COc1ccc(CNC(=O)C2CCCN(C(=O)c3ccc(Cl)cc3)C2)cc1. The molecule has 0 saturated carbocycles. The van der Waals surface area contributed by atoms with Crippen LogP contribution in [0.1, 0.15) is 28.8 Å². The van der Waals surface area contributed by atoms with E-state index in [-0.39, 0.29) is 17.7 Å². The number of halogens is 1. The third kappa shape index (κ3) is 5.01. The molecule has 0 aromatic heterocycles. The van der Waals surface area contributed by atoms with E-state index < -0.39 is 0 Å². The maximum absolute atomic E-state index is 12.7. The van der Waals surface area contributed by atoms with Gasteiger partial charge in [-0.05, 0) is 54.8 Å². The summed E-state index contributed by atoms with van der Waals surface area (Å²) < 4.78 is 5.14. The second-order valence-corrected chi connectivity index (χ2v) is 7.10. The van der Waals surface area contributed by atoms with Gasteiger partial charge in [-0.25, -0.2) is 0 Å². The summed E-state index contributed by atoms with van der Waals surface area (Å²) in [7, 11) is 1.62. The van der Waals surface area contributed by atoms with E-state index >= 15 is 0 Å². The molecule has 2 aromatic carbocycles. The summed E-state index contributed by atoms with van der Waals surface area (Å²) in [4.78, 5) is 27.0. The minimum Gasteiger partial charge on any atom is -0.497 e. The van der Waals surface area contributed by atoms with E-state index in [1.807, 2.05) is 24.3 Å². The number of rotatable bonds is 5. The van der Waals surface area contributed by atoms with Crippen LogP contribution in [0, 0.1) is 5.92 Å². The van der Waals surface area contributed by atoms with Gasteiger partial charge in [0.25, 0.3) is 5.91 Å². The van der Waals surface area contributed by atoms with Gasteiger partial charge in [-0.1, -0.05) is 23.7 Å². The van der Waals surface area contributed by atoms with Crippen molar-refractivity contribution in [3.05, 3.63) is 64.7 Å². The van der Waals surface area contributed by atoms with Crippen LogP contribution in [0.4, 0.5) is 0 Å². The lowest BCUT2D eigenvalue weighted by Crippen LogP contribution is -2.45. The standard InChI is InChI=1S/C21H23ClN2O3/c1-27-19-10-4-15(5-11-19)13-23-20(25)17-3-2-12-24(14-17)21(26)16-6-8-18(22)9-7-16/h4-11,17H,2-3,12-14H2,1H3,(H,23,25). The van der Waals surface area contributed by atoms with E-state index in [9.17, 15) is 9.59 Å². The number of hydrogen-bond acceptors (Lipinski definition) is 3. The minimum atomic E-state index is -0.187. The summed E-state index contributed by atoms with van der Waals surface area (Å²) in [6, 6.07) is 14.4. The number of ether oxygens (including phenoxy) is 1. The van der Waals surface area contributed by atoms with Crippen molar-refractivity contribution in [2.24, 2.45) is 5.92 Å². The average molecular weight is 387 g/mol. The molecule has 0 spiro atoms. The van der Waals surface area contributed by atoms with Gasteiger partial charge in [-0.3, -0.25) is 9.59 Å². The zero-order chi connectivity index (χ0) is 19.2. The molecule has 5 nitrogen and oxygen atoms in total. The molecule has 1 N–H and O–H groups in total. The summed E-state index contributed by atoms with van der Waals surface area (Å²) in [5, 5.41) is 3.58. The molecule has 1 unspecified atom stereocenters. The van der Waals surface area contributed by atoms with E-state index in [0.717, 1.165) is 24.2 Å². The molecule has 6 heteroatoms. The highest BCUT2D eigenvalue weighted by Gasteiger charge is 2.28. The van der Waals surface area contributed by atoms with Crippen LogP contribution in [0.2, 0.25) is 5.02 Å². The fraction of sp³-hybridized carbons (Fsp3) is 0.333. The lowest BCUT2D eigenvalue weighted by molar-refractivity contribution is -0.126. The molecule has 27 heavy (non-hydrogen) atoms. The number of carbonyl (C=O) groups is 2. The Hall–Kier alpha value is -2.53. The normalized spacial score (nSPS) is 16.7. The maximum atomic E-state index is 12.7. The molecule has 3 rings (SSSR count). The van der Waals surface area contributed by atoms with Gasteiger partial charge in [-0.2, -0.15) is 0 Å². The molecule has 1 atom stereocenters. The predicted octanol–water partition coefficient (Wildman–Crippen LogP) is 3.52. The van der Waals surface area contributed by atoms with Crippen LogP contribution in [0.15, 0.2) is 48.5 Å². The highest BCUT2D eigenvalue weighted by Crippen LogP contribution is 2.20. The fourth-order valence-corrected chi connectivity index (χ4v) is 3.35. The Kier molecular flexibility index (Phi) is 6.35. The van der Waals surface area contributed by atoms with E-state index in [1.54, 1.807) is 36.3 Å². The van der Waals surface area contributed by atoms with E-state index in [4.69, 9.17) is 16.3 Å². The van der Waals surface area contributed by atoms with Crippen molar-refractivity contribution >= 4 is 23.4 Å². The first kappa shape index (κ1) is 19.2. The summed E-state index contributed by atoms with van der Waals surface area (Å²) in [5.41, 5.74) is 1.60. The van der Waals surface area contributed by atoms with Gasteiger partial charge in [0, 0.05) is 30.2 Å². The molecule has 1 heterocycles. The minimum absolute atomic E-state index is 0.0144. The molecule has 0 aliphatic carbocycles. The molecule has 0 bridgehead atoms. The molecule has 1 saturated heterocycles. The molecule has 2 amide bonds. The number of amides is 2. The van der Waals surface area contributed by atoms with E-state index in [0.29, 0.717) is 30.2 Å². The fourth-order valence-electron chi connectivity index (χ4n) is 3.23. The van der Waals surface area contributed by atoms with Crippen molar-refractivity contribution in [2.45, 2.75) is 19.4 Å². The van der Waals surface area contributed by atoms with Gasteiger partial charge in [0.15, 0.2) is 0 Å². The first-order valence-electron chi connectivity index (χ1n) is 9.02. The van der Waals surface area contributed by atoms with E-state index in [1.165, 1.54) is 0 Å². The van der Waals surface area contributed by atoms with Gasteiger partial charge < -0.3 is 15.0 Å². The van der Waals surface area contributed by atoms with Crippen LogP contribution in [0.25, 0.3) is 0 Å². The number of hydrogen-bond donors (Lipinski definition) is 1. The Morgan fingerprint density at radius 3 is 2.52 bits per heavy atom. The topological polar surface area (TPSA) is 58.6 Å². The average Bonchev–Trinajstić information content (AvgIpc) is 2.72. The Bertz CT molecular complexity index is 790. The van der Waals surface area contributed by atoms with Crippen LogP contribution in [0.3, 0.4) is 0 Å². The second kappa shape index (κ2) is 8.91. The van der Waals surface area contributed by atoms with Crippen molar-refractivity contribution < 1.29 is 14.3 Å². The van der Waals surface area contributed by atoms with Crippen molar-refractivity contribution in [3.63, 3.8) is 0 Å². The van der Waals surface area contributed by atoms with Gasteiger partial charge in [0.2, 0.25) is 5.91 Å². The third-order valence-corrected chi connectivity index (χ3v) is 5.05. The molecular weight excluding hydrogens is 364 g/mol. The van der Waals surface area contributed by atoms with Crippen LogP contribution in [0.5, 0.6) is 5.75 Å². The van der Waals surface area contributed by atoms with Gasteiger partial charge >= 0.3 is 0 Å². The van der Waals surface area contributed by atoms with Crippen molar-refractivity contribution in [2.75, 3.05) is 20.2 Å². The van der Waals surface area contributed by atoms with Crippen LogP contribution in [-0.2, 0) is 11.3 Å². The van der Waals surface area contributed by atoms with Crippen molar-refractivity contribution in [3.8, 4) is 5.75 Å². The Labute approximate surface area is 164 Å². The quantitative estimate of drug-likeness (QED) is 0.855. The zero-order valence-corrected chi connectivity index (χ0v) is 16.0. The Balaban J connectivity index is 1.55. The molecule has 142 valence electrons. The summed E-state index contributed by atoms with van der Waals surface area (Å²) in [6.45, 7) is 1.57. The van der Waals surface area contributed by atoms with Crippen molar-refractivity contribution in [1.29, 1.82) is 0 Å². The molecule has 1 fully saturated rings. The lowest BCUT2D eigenvalue weighted by atomic mass is 9.96. The molecular formula is C21H23ClN2O3. The first-order chi connectivity index (χ1) is 13.1. The monoisotopic (exact) mass is 386 g/mol. The summed E-state index contributed by atoms with van der Waals surface area (Å²) in [5.74, 6) is 0.528. The summed E-state index contributed by atoms with van der Waals surface area (Å²) in [6.07, 6.45) is 1.61. The van der Waals surface area contributed by atoms with Crippen LogP contribution >= 0.6 is 11.6 Å². The molecule has 1 aliphatic rings. The van der Waals surface area contributed by atoms with Crippen LogP contribution in [-0.4, -0.2) is 36.9 Å². The smallest absolute Gasteiger partial charge is 0.253 e. The van der Waals surface area contributed by atoms with Crippen molar-refractivity contribution in [1.82, 2.24) is 10.2 Å². The summed E-state index contributed by atoms with van der Waals surface area (Å²) >= 11 is 5.88. The largest absolute Gasteiger partial charge is 0.497 e. The zero-order valence-electron chi connectivity index (χ0n) is 15.3. The second-order valence-electron chi connectivity index (χ2n) is 6.66. The van der Waals surface area contributed by atoms with Gasteiger partial charge in [0.1, 0.15) is 5.75 Å². The number of nitrogens with one attached hydrogen (secondary N) is 1. The maximum Gasteiger partial charge on any atom is 0.253 e. The molecule has 0 radical (unpaired) electrons. The number of methoxy groups -OCH3 is 1. The third-order valence-electron chi connectivity index (χ3n) is 4.80. The Morgan fingerprint density at radius 1 is 1.15 bits per heavy atom. The lowest BCUT2D eigenvalue weighted by Gasteiger charge is -2.32. The predicted molar refractivity (Wildman–Crippen MR) is 105 cm³/mol. The van der Waals surface area contributed by atoms with Crippen LogP contribution < -0.4 is 10.1 Å². The highest BCUT2D eigenvalue weighted by molar-refractivity contribution is 6.30. The number of nitrogens with zero attached hydrogens (tertiary/aromatic N) is 1. The number of carbonyl (C=O) groups excluding carboxylic acids is 2. The van der Waals surface area contributed by atoms with E-state index in [2.05, 4.69) is 5.32 Å². The number of piperidine rings is 1. The number of benzene rings is 2. The van der Waals surface area contributed by atoms with Gasteiger partial charge in [-0.15, -0.1) is 0 Å². The highest BCUT2D eigenvalue weighted by atomic mass is 35.5. The molecule has 1 aliphatic heterocycles. The number of likely N-dealkylation sites (tertiary alicyclic amines) is 1. The Morgan fingerprint density at radius 2 is 1.85 bits per heavy atom. The molecule has 2 aromatic rings.